The molecule has 0 saturated carbocycles. The van der Waals surface area contributed by atoms with E-state index in [1.54, 1.807) is 6.20 Å². The van der Waals surface area contributed by atoms with Gasteiger partial charge in [0.15, 0.2) is 5.82 Å². The first-order valence-corrected chi connectivity index (χ1v) is 7.27. The minimum absolute atomic E-state index is 0.0923. The molecule has 0 spiro atoms. The predicted molar refractivity (Wildman–Crippen MR) is 80.6 cm³/mol. The van der Waals surface area contributed by atoms with Crippen LogP contribution in [0.2, 0.25) is 0 Å². The maximum absolute atomic E-state index is 12.1. The number of carbonyl (C=O) groups is 1. The lowest BCUT2D eigenvalue weighted by atomic mass is 10.1. The van der Waals surface area contributed by atoms with Crippen molar-refractivity contribution in [3.05, 3.63) is 34.6 Å². The van der Waals surface area contributed by atoms with Gasteiger partial charge in [0.25, 0.3) is 17.3 Å². The summed E-state index contributed by atoms with van der Waals surface area (Å²) < 4.78 is 9.80. The molecule has 3 rings (SSSR count). The zero-order chi connectivity index (χ0) is 16.2. The standard InChI is InChI=1S/C14H17N5O4/c1-22-11-7-10(23-18-11)13(20)17-9-3-2-6-19(8-9)12-14(21)16-5-4-15-12/h4-5,7,9H,2-3,6,8H2,1H3,(H,16,21)(H,17,20). The van der Waals surface area contributed by atoms with Crippen molar-refractivity contribution in [3.8, 4) is 5.88 Å². The van der Waals surface area contributed by atoms with Gasteiger partial charge in [-0.3, -0.25) is 9.59 Å². The number of aromatic amines is 1. The van der Waals surface area contributed by atoms with E-state index in [0.29, 0.717) is 12.4 Å². The molecular formula is C14H17N5O4. The predicted octanol–water partition coefficient (Wildman–Crippen LogP) is 0.165. The van der Waals surface area contributed by atoms with Crippen LogP contribution < -0.4 is 20.5 Å². The Labute approximate surface area is 131 Å². The fraction of sp³-hybridized carbons (Fsp3) is 0.429. The molecule has 1 aliphatic rings. The van der Waals surface area contributed by atoms with Crippen LogP contribution in [-0.2, 0) is 0 Å². The number of methoxy groups -OCH3 is 1. The monoisotopic (exact) mass is 319 g/mol. The second kappa shape index (κ2) is 6.51. The van der Waals surface area contributed by atoms with Crippen LogP contribution in [0, 0.1) is 0 Å². The van der Waals surface area contributed by atoms with Gasteiger partial charge in [0.1, 0.15) is 0 Å². The van der Waals surface area contributed by atoms with Crippen molar-refractivity contribution in [2.24, 2.45) is 0 Å². The number of rotatable bonds is 4. The van der Waals surface area contributed by atoms with E-state index in [9.17, 15) is 9.59 Å². The van der Waals surface area contributed by atoms with Gasteiger partial charge < -0.3 is 24.5 Å². The van der Waals surface area contributed by atoms with Crippen LogP contribution >= 0.6 is 0 Å². The number of hydrogen-bond acceptors (Lipinski definition) is 7. The lowest BCUT2D eigenvalue weighted by Crippen LogP contribution is -2.49. The maximum atomic E-state index is 12.1. The van der Waals surface area contributed by atoms with Gasteiger partial charge in [-0.15, -0.1) is 0 Å². The number of anilines is 1. The number of carbonyl (C=O) groups excluding carboxylic acids is 1. The number of aromatic nitrogens is 3. The number of nitrogens with one attached hydrogen (secondary N) is 2. The van der Waals surface area contributed by atoms with E-state index in [1.807, 2.05) is 4.90 Å². The highest BCUT2D eigenvalue weighted by molar-refractivity contribution is 5.91. The molecule has 2 N–H and O–H groups in total. The van der Waals surface area contributed by atoms with E-state index >= 15 is 0 Å². The average Bonchev–Trinajstić information content (AvgIpc) is 3.05. The van der Waals surface area contributed by atoms with Crippen LogP contribution in [0.25, 0.3) is 0 Å². The van der Waals surface area contributed by atoms with Crippen molar-refractivity contribution < 1.29 is 14.1 Å². The highest BCUT2D eigenvalue weighted by Crippen LogP contribution is 2.16. The van der Waals surface area contributed by atoms with Gasteiger partial charge in [0.2, 0.25) is 5.76 Å². The third-order valence-electron chi connectivity index (χ3n) is 3.67. The highest BCUT2D eigenvalue weighted by Gasteiger charge is 2.25. The van der Waals surface area contributed by atoms with E-state index in [-0.39, 0.29) is 29.1 Å². The summed E-state index contributed by atoms with van der Waals surface area (Å²) >= 11 is 0. The van der Waals surface area contributed by atoms with E-state index in [1.165, 1.54) is 19.4 Å². The first kappa shape index (κ1) is 15.1. The van der Waals surface area contributed by atoms with E-state index in [4.69, 9.17) is 9.26 Å². The summed E-state index contributed by atoms with van der Waals surface area (Å²) in [5, 5.41) is 6.48. The molecule has 0 aliphatic carbocycles. The van der Waals surface area contributed by atoms with Gasteiger partial charge in [-0.05, 0) is 18.0 Å². The minimum Gasteiger partial charge on any atom is -0.479 e. The lowest BCUT2D eigenvalue weighted by molar-refractivity contribution is 0.0895. The molecule has 122 valence electrons. The van der Waals surface area contributed by atoms with Crippen molar-refractivity contribution in [2.45, 2.75) is 18.9 Å². The third-order valence-corrected chi connectivity index (χ3v) is 3.67. The number of ether oxygens (including phenoxy) is 1. The summed E-state index contributed by atoms with van der Waals surface area (Å²) in [7, 11) is 1.45. The topological polar surface area (TPSA) is 113 Å². The zero-order valence-electron chi connectivity index (χ0n) is 12.6. The molecule has 1 saturated heterocycles. The molecule has 1 unspecified atom stereocenters. The van der Waals surface area contributed by atoms with Crippen molar-refractivity contribution in [1.82, 2.24) is 20.4 Å². The van der Waals surface area contributed by atoms with Crippen molar-refractivity contribution in [1.29, 1.82) is 0 Å². The van der Waals surface area contributed by atoms with Gasteiger partial charge >= 0.3 is 0 Å². The molecule has 1 fully saturated rings. The largest absolute Gasteiger partial charge is 0.479 e. The molecule has 0 aromatic carbocycles. The van der Waals surface area contributed by atoms with Crippen LogP contribution in [0.5, 0.6) is 5.88 Å². The molecule has 2 aromatic heterocycles. The molecule has 3 heterocycles. The second-order valence-electron chi connectivity index (χ2n) is 5.23. The van der Waals surface area contributed by atoms with Crippen LogP contribution in [0.3, 0.4) is 0 Å². The Kier molecular flexibility index (Phi) is 4.26. The Hall–Kier alpha value is -2.84. The fourth-order valence-corrected chi connectivity index (χ4v) is 2.58. The van der Waals surface area contributed by atoms with Crippen molar-refractivity contribution >= 4 is 11.7 Å². The Balaban J connectivity index is 1.66. The van der Waals surface area contributed by atoms with Crippen molar-refractivity contribution in [2.75, 3.05) is 25.1 Å². The molecule has 0 bridgehead atoms. The quantitative estimate of drug-likeness (QED) is 0.825. The molecule has 9 nitrogen and oxygen atoms in total. The van der Waals surface area contributed by atoms with E-state index < -0.39 is 0 Å². The van der Waals surface area contributed by atoms with E-state index in [0.717, 1.165) is 19.4 Å². The summed E-state index contributed by atoms with van der Waals surface area (Å²) in [6.45, 7) is 1.24. The lowest BCUT2D eigenvalue weighted by Gasteiger charge is -2.33. The highest BCUT2D eigenvalue weighted by atomic mass is 16.5. The van der Waals surface area contributed by atoms with Crippen LogP contribution in [0.15, 0.2) is 27.8 Å². The summed E-state index contributed by atoms with van der Waals surface area (Å²) in [5.74, 6) is 0.352. The number of H-pyrrole nitrogens is 1. The fourth-order valence-electron chi connectivity index (χ4n) is 2.58. The Morgan fingerprint density at radius 2 is 2.43 bits per heavy atom. The van der Waals surface area contributed by atoms with Gasteiger partial charge in [-0.1, -0.05) is 0 Å². The normalized spacial score (nSPS) is 17.8. The minimum atomic E-state index is -0.359. The Bertz CT molecular complexity index is 741. The Morgan fingerprint density at radius 3 is 3.17 bits per heavy atom. The molecule has 2 aromatic rings. The molecular weight excluding hydrogens is 302 g/mol. The first-order valence-electron chi connectivity index (χ1n) is 7.27. The summed E-state index contributed by atoms with van der Waals surface area (Å²) in [5.41, 5.74) is -0.237. The smallest absolute Gasteiger partial charge is 0.290 e. The molecule has 9 heteroatoms. The van der Waals surface area contributed by atoms with Crippen molar-refractivity contribution in [3.63, 3.8) is 0 Å². The number of nitrogens with zero attached hydrogens (tertiary/aromatic N) is 3. The van der Waals surface area contributed by atoms with Gasteiger partial charge in [-0.2, -0.15) is 0 Å². The van der Waals surface area contributed by atoms with Crippen LogP contribution in [0.4, 0.5) is 5.82 Å². The Morgan fingerprint density at radius 1 is 1.57 bits per heavy atom. The SMILES string of the molecule is COc1cc(C(=O)NC2CCCN(c3ncc[nH]c3=O)C2)on1. The maximum Gasteiger partial charge on any atom is 0.290 e. The summed E-state index contributed by atoms with van der Waals surface area (Å²) in [6.07, 6.45) is 4.70. The molecule has 1 amide bonds. The molecule has 1 atom stereocenters. The summed E-state index contributed by atoms with van der Waals surface area (Å²) in [4.78, 5) is 32.6. The zero-order valence-corrected chi connectivity index (χ0v) is 12.6. The summed E-state index contributed by atoms with van der Waals surface area (Å²) in [6, 6.07) is 1.33. The number of piperidine rings is 1. The van der Waals surface area contributed by atoms with Gasteiger partial charge in [-0.25, -0.2) is 4.98 Å². The van der Waals surface area contributed by atoms with Crippen LogP contribution in [-0.4, -0.2) is 47.3 Å². The third kappa shape index (κ3) is 3.33. The van der Waals surface area contributed by atoms with Crippen LogP contribution in [0.1, 0.15) is 23.4 Å². The molecule has 0 radical (unpaired) electrons. The number of hydrogen-bond donors (Lipinski definition) is 2. The first-order chi connectivity index (χ1) is 11.2. The average molecular weight is 319 g/mol. The number of amides is 1. The molecule has 23 heavy (non-hydrogen) atoms. The molecule has 1 aliphatic heterocycles. The van der Waals surface area contributed by atoms with Gasteiger partial charge in [0, 0.05) is 31.5 Å². The van der Waals surface area contributed by atoms with E-state index in [2.05, 4.69) is 20.4 Å². The second-order valence-corrected chi connectivity index (χ2v) is 5.23. The van der Waals surface area contributed by atoms with Gasteiger partial charge in [0.05, 0.1) is 13.2 Å².